The Morgan fingerprint density at radius 1 is 0.900 bits per heavy atom. The van der Waals surface area contributed by atoms with Crippen molar-refractivity contribution in [1.29, 1.82) is 0 Å². The van der Waals surface area contributed by atoms with Crippen molar-refractivity contribution in [1.82, 2.24) is 5.32 Å². The van der Waals surface area contributed by atoms with Crippen LogP contribution in [0.1, 0.15) is 5.56 Å². The van der Waals surface area contributed by atoms with Crippen LogP contribution in [0.2, 0.25) is 5.02 Å². The third-order valence-corrected chi connectivity index (χ3v) is 4.87. The number of nitrogens with one attached hydrogen (secondary N) is 1. The van der Waals surface area contributed by atoms with Crippen LogP contribution in [0.4, 0.5) is 5.69 Å². The Balaban J connectivity index is 1.64. The Bertz CT molecular complexity index is 1160. The molecule has 2 amide bonds. The number of rotatable bonds is 4. The highest BCUT2D eigenvalue weighted by molar-refractivity contribution is 7.80. The first-order chi connectivity index (χ1) is 14.5. The molecule has 4 rings (SSSR count). The lowest BCUT2D eigenvalue weighted by Gasteiger charge is -2.29. The number of halogens is 1. The Hall–Kier alpha value is -3.48. The van der Waals surface area contributed by atoms with Gasteiger partial charge in [0.15, 0.2) is 5.11 Å². The number of benzene rings is 3. The highest BCUT2D eigenvalue weighted by Gasteiger charge is 2.34. The number of hydrogen-bond donors (Lipinski definition) is 1. The topological polar surface area (TPSA) is 58.6 Å². The molecule has 0 spiro atoms. The first-order valence-corrected chi connectivity index (χ1v) is 9.80. The average molecular weight is 435 g/mol. The maximum Gasteiger partial charge on any atom is 0.270 e. The highest BCUT2D eigenvalue weighted by atomic mass is 35.5. The van der Waals surface area contributed by atoms with Crippen molar-refractivity contribution >= 4 is 52.5 Å². The van der Waals surface area contributed by atoms with E-state index in [1.165, 1.54) is 11.0 Å². The van der Waals surface area contributed by atoms with Gasteiger partial charge in [-0.15, -0.1) is 0 Å². The third-order valence-electron chi connectivity index (χ3n) is 4.33. The quantitative estimate of drug-likeness (QED) is 0.358. The van der Waals surface area contributed by atoms with Gasteiger partial charge in [-0.1, -0.05) is 41.9 Å². The van der Waals surface area contributed by atoms with E-state index >= 15 is 0 Å². The van der Waals surface area contributed by atoms with Crippen LogP contribution in [0.25, 0.3) is 6.08 Å². The minimum absolute atomic E-state index is 0.0191. The molecule has 3 aromatic carbocycles. The molecule has 0 aromatic heterocycles. The maximum absolute atomic E-state index is 13.1. The smallest absolute Gasteiger partial charge is 0.270 e. The number of carbonyl (C=O) groups excluding carboxylic acids is 2. The molecule has 1 aliphatic heterocycles. The Morgan fingerprint density at radius 2 is 1.60 bits per heavy atom. The fourth-order valence-corrected chi connectivity index (χ4v) is 3.35. The van der Waals surface area contributed by atoms with E-state index in [4.69, 9.17) is 28.6 Å². The number of anilines is 1. The predicted octanol–water partition coefficient (Wildman–Crippen LogP) is 4.96. The number of ether oxygens (including phenoxy) is 1. The fourth-order valence-electron chi connectivity index (χ4n) is 2.94. The number of amides is 2. The molecule has 7 heteroatoms. The third kappa shape index (κ3) is 4.25. The van der Waals surface area contributed by atoms with Crippen molar-refractivity contribution in [3.8, 4) is 11.5 Å². The zero-order valence-electron chi connectivity index (χ0n) is 15.5. The molecule has 0 atom stereocenters. The molecule has 0 saturated carbocycles. The summed E-state index contributed by atoms with van der Waals surface area (Å²) in [6.45, 7) is 0. The van der Waals surface area contributed by atoms with Crippen LogP contribution in [0.3, 0.4) is 0 Å². The van der Waals surface area contributed by atoms with E-state index in [9.17, 15) is 9.59 Å². The lowest BCUT2D eigenvalue weighted by Crippen LogP contribution is -2.54. The molecule has 3 aromatic rings. The van der Waals surface area contributed by atoms with Gasteiger partial charge in [0.2, 0.25) is 0 Å². The second-order valence-corrected chi connectivity index (χ2v) is 7.25. The molecule has 0 aliphatic carbocycles. The Kier molecular flexibility index (Phi) is 5.61. The standard InChI is InChI=1S/C23H15ClN2O3S/c24-16-9-11-17(12-10-16)26-22(28)20(21(27)25-23(26)30)14-15-5-4-8-19(13-15)29-18-6-2-1-3-7-18/h1-14H,(H,25,27,30)/b20-14-. The van der Waals surface area contributed by atoms with Gasteiger partial charge < -0.3 is 4.74 Å². The van der Waals surface area contributed by atoms with Gasteiger partial charge in [-0.05, 0) is 72.4 Å². The van der Waals surface area contributed by atoms with Gasteiger partial charge in [0.25, 0.3) is 11.8 Å². The van der Waals surface area contributed by atoms with Crippen LogP contribution >= 0.6 is 23.8 Å². The van der Waals surface area contributed by atoms with Crippen molar-refractivity contribution in [2.45, 2.75) is 0 Å². The van der Waals surface area contributed by atoms with Crippen molar-refractivity contribution in [3.05, 3.63) is 95.0 Å². The van der Waals surface area contributed by atoms with Crippen molar-refractivity contribution < 1.29 is 14.3 Å². The van der Waals surface area contributed by atoms with Crippen LogP contribution in [0.15, 0.2) is 84.4 Å². The largest absolute Gasteiger partial charge is 0.457 e. The highest BCUT2D eigenvalue weighted by Crippen LogP contribution is 2.26. The number of thiocarbonyl (C=S) groups is 1. The van der Waals surface area contributed by atoms with Crippen molar-refractivity contribution in [2.75, 3.05) is 4.90 Å². The lowest BCUT2D eigenvalue weighted by atomic mass is 10.1. The van der Waals surface area contributed by atoms with Gasteiger partial charge in [0, 0.05) is 5.02 Å². The van der Waals surface area contributed by atoms with Crippen molar-refractivity contribution in [2.24, 2.45) is 0 Å². The number of nitrogens with zero attached hydrogens (tertiary/aromatic N) is 1. The van der Waals surface area contributed by atoms with Gasteiger partial charge >= 0.3 is 0 Å². The monoisotopic (exact) mass is 434 g/mol. The fraction of sp³-hybridized carbons (Fsp3) is 0. The summed E-state index contributed by atoms with van der Waals surface area (Å²) in [4.78, 5) is 26.8. The normalized spacial score (nSPS) is 15.3. The number of para-hydroxylation sites is 1. The molecule has 148 valence electrons. The average Bonchev–Trinajstić information content (AvgIpc) is 2.73. The minimum atomic E-state index is -0.551. The van der Waals surface area contributed by atoms with Crippen LogP contribution in [-0.2, 0) is 9.59 Å². The molecule has 1 heterocycles. The summed E-state index contributed by atoms with van der Waals surface area (Å²) < 4.78 is 5.82. The molecule has 1 N–H and O–H groups in total. The molecule has 1 fully saturated rings. The molecule has 0 unspecified atom stereocenters. The first kappa shape index (κ1) is 19.8. The van der Waals surface area contributed by atoms with Gasteiger partial charge in [-0.2, -0.15) is 0 Å². The lowest BCUT2D eigenvalue weighted by molar-refractivity contribution is -0.122. The summed E-state index contributed by atoms with van der Waals surface area (Å²) >= 11 is 11.1. The molecule has 5 nitrogen and oxygen atoms in total. The van der Waals surface area contributed by atoms with E-state index in [0.717, 1.165) is 0 Å². The van der Waals surface area contributed by atoms with E-state index in [0.29, 0.717) is 27.8 Å². The molecular formula is C23H15ClN2O3S. The van der Waals surface area contributed by atoms with Gasteiger partial charge in [-0.25, -0.2) is 0 Å². The summed E-state index contributed by atoms with van der Waals surface area (Å²) in [5, 5.41) is 3.11. The second-order valence-electron chi connectivity index (χ2n) is 6.42. The van der Waals surface area contributed by atoms with E-state index in [2.05, 4.69) is 5.32 Å². The van der Waals surface area contributed by atoms with Gasteiger partial charge in [0.05, 0.1) is 5.69 Å². The van der Waals surface area contributed by atoms with Crippen LogP contribution in [0, 0.1) is 0 Å². The van der Waals surface area contributed by atoms with Crippen LogP contribution < -0.4 is 15.0 Å². The van der Waals surface area contributed by atoms with E-state index in [1.54, 1.807) is 48.5 Å². The summed E-state index contributed by atoms with van der Waals surface area (Å²) in [5.41, 5.74) is 1.13. The van der Waals surface area contributed by atoms with E-state index in [1.807, 2.05) is 30.3 Å². The predicted molar refractivity (Wildman–Crippen MR) is 121 cm³/mol. The molecule has 0 radical (unpaired) electrons. The van der Waals surface area contributed by atoms with E-state index in [-0.39, 0.29) is 10.7 Å². The first-order valence-electron chi connectivity index (χ1n) is 9.01. The Morgan fingerprint density at radius 3 is 2.33 bits per heavy atom. The zero-order chi connectivity index (χ0) is 21.1. The number of hydrogen-bond acceptors (Lipinski definition) is 4. The second kappa shape index (κ2) is 8.49. The summed E-state index contributed by atoms with van der Waals surface area (Å²) in [5.74, 6) is 0.211. The summed E-state index contributed by atoms with van der Waals surface area (Å²) in [7, 11) is 0. The molecule has 1 saturated heterocycles. The zero-order valence-corrected chi connectivity index (χ0v) is 17.1. The van der Waals surface area contributed by atoms with Gasteiger partial charge in [0.1, 0.15) is 17.1 Å². The maximum atomic E-state index is 13.1. The molecule has 1 aliphatic rings. The Labute approximate surface area is 183 Å². The molecular weight excluding hydrogens is 420 g/mol. The van der Waals surface area contributed by atoms with Crippen LogP contribution in [0.5, 0.6) is 11.5 Å². The number of carbonyl (C=O) groups is 2. The summed E-state index contributed by atoms with van der Waals surface area (Å²) in [6, 6.07) is 23.1. The minimum Gasteiger partial charge on any atom is -0.457 e. The van der Waals surface area contributed by atoms with Gasteiger partial charge in [-0.3, -0.25) is 19.8 Å². The van der Waals surface area contributed by atoms with Crippen LogP contribution in [-0.4, -0.2) is 16.9 Å². The SMILES string of the molecule is O=C1NC(=S)N(c2ccc(Cl)cc2)C(=O)/C1=C\c1cccc(Oc2ccccc2)c1. The van der Waals surface area contributed by atoms with E-state index < -0.39 is 11.8 Å². The molecule has 0 bridgehead atoms. The summed E-state index contributed by atoms with van der Waals surface area (Å²) in [6.07, 6.45) is 1.51. The molecule has 30 heavy (non-hydrogen) atoms. The van der Waals surface area contributed by atoms with Crippen molar-refractivity contribution in [3.63, 3.8) is 0 Å².